The van der Waals surface area contributed by atoms with Crippen LogP contribution in [0.4, 0.5) is 21.9 Å². The van der Waals surface area contributed by atoms with E-state index in [1.807, 2.05) is 66.7 Å². The minimum atomic E-state index is -4.48. The number of nitro groups is 1. The summed E-state index contributed by atoms with van der Waals surface area (Å²) in [6.45, 7) is 4.27. The van der Waals surface area contributed by atoms with Crippen molar-refractivity contribution < 1.29 is 28.0 Å². The minimum Gasteiger partial charge on any atom is -0.465 e. The van der Waals surface area contributed by atoms with Crippen LogP contribution in [0.15, 0.2) is 131 Å². The van der Waals surface area contributed by atoms with Gasteiger partial charge in [-0.15, -0.1) is 11.8 Å². The number of nitrogens with zero attached hydrogens (tertiary/aromatic N) is 3. The monoisotopic (exact) mass is 856 g/mol. The van der Waals surface area contributed by atoms with Gasteiger partial charge in [0.1, 0.15) is 5.69 Å². The van der Waals surface area contributed by atoms with Crippen molar-refractivity contribution in [1.29, 1.82) is 0 Å². The van der Waals surface area contributed by atoms with Gasteiger partial charge in [-0.3, -0.25) is 19.8 Å². The largest absolute Gasteiger partial charge is 0.465 e. The van der Waals surface area contributed by atoms with Crippen molar-refractivity contribution in [3.05, 3.63) is 148 Å². The van der Waals surface area contributed by atoms with Gasteiger partial charge in [0.15, 0.2) is 0 Å². The van der Waals surface area contributed by atoms with Crippen LogP contribution >= 0.6 is 23.4 Å². The summed E-state index contributed by atoms with van der Waals surface area (Å²) in [6, 6.07) is 35.8. The van der Waals surface area contributed by atoms with Gasteiger partial charge in [-0.25, -0.2) is 17.9 Å². The third-order valence-electron chi connectivity index (χ3n) is 9.95. The molecule has 0 aliphatic carbocycles. The summed E-state index contributed by atoms with van der Waals surface area (Å²) in [4.78, 5) is 40.8. The van der Waals surface area contributed by atoms with Crippen LogP contribution in [0.25, 0.3) is 11.1 Å². The lowest BCUT2D eigenvalue weighted by molar-refractivity contribution is -0.384. The van der Waals surface area contributed by atoms with Gasteiger partial charge < -0.3 is 20.6 Å². The fourth-order valence-corrected chi connectivity index (χ4v) is 8.94. The molecule has 4 N–H and O–H groups in total. The fraction of sp³-hybridized carbons (Fsp3) is 0.256. The Morgan fingerprint density at radius 2 is 1.56 bits per heavy atom. The Labute approximate surface area is 353 Å². The molecule has 13 nitrogen and oxygen atoms in total. The number of carbonyl (C=O) groups excluding carboxylic acids is 1. The van der Waals surface area contributed by atoms with Crippen LogP contribution in [-0.2, 0) is 16.6 Å². The zero-order valence-electron chi connectivity index (χ0n) is 32.1. The highest BCUT2D eigenvalue weighted by atomic mass is 35.5. The predicted octanol–water partition coefficient (Wildman–Crippen LogP) is 8.37. The van der Waals surface area contributed by atoms with E-state index in [1.54, 1.807) is 36.0 Å². The SMILES string of the molecule is O=C(O)NCCCC[C@H](CSc1ccccc1)Nc1ccc(S(=O)(=O)NC(=O)c2ccc(N3CCN(Cc4ccccc4-c4ccc(Cl)cc4)CC3)cc2)cc1[N+](=O)[O-]. The van der Waals surface area contributed by atoms with Crippen molar-refractivity contribution in [3.63, 3.8) is 0 Å². The molecule has 1 saturated heterocycles. The zero-order valence-corrected chi connectivity index (χ0v) is 34.5. The molecular formula is C43H45ClN6O7S2. The Morgan fingerprint density at radius 3 is 2.25 bits per heavy atom. The van der Waals surface area contributed by atoms with Gasteiger partial charge in [0, 0.05) is 78.3 Å². The van der Waals surface area contributed by atoms with Crippen molar-refractivity contribution in [2.45, 2.75) is 41.6 Å². The standard InChI is InChI=1S/C43H45ClN6O7S2/c44-34-17-13-31(14-18-34)39-12-5-4-8-33(39)29-48-24-26-49(27-25-48)36-19-15-32(16-20-36)42(51)47-59(56,57)38-21-22-40(41(28-38)50(54)55)46-35(9-6-7-23-45-43(52)53)30-58-37-10-2-1-3-11-37/h1-5,8,10-22,28,35,45-46H,6-7,9,23-27,29-30H2,(H,47,51)(H,52,53)/t35-/m1/s1. The number of nitrogens with one attached hydrogen (secondary N) is 3. The highest BCUT2D eigenvalue weighted by Crippen LogP contribution is 2.31. The average Bonchev–Trinajstić information content (AvgIpc) is 3.23. The number of carbonyl (C=O) groups is 2. The second kappa shape index (κ2) is 20.4. The average molecular weight is 857 g/mol. The van der Waals surface area contributed by atoms with E-state index in [-0.39, 0.29) is 23.8 Å². The topological polar surface area (TPSA) is 174 Å². The molecule has 2 amide bonds. The van der Waals surface area contributed by atoms with Crippen LogP contribution in [0.3, 0.4) is 0 Å². The molecule has 0 unspecified atom stereocenters. The summed E-state index contributed by atoms with van der Waals surface area (Å²) in [5.41, 5.74) is 4.21. The molecule has 0 bridgehead atoms. The van der Waals surface area contributed by atoms with Crippen LogP contribution in [0.2, 0.25) is 5.02 Å². The lowest BCUT2D eigenvalue weighted by Crippen LogP contribution is -2.46. The number of hydrogen-bond donors (Lipinski definition) is 4. The number of thioether (sulfide) groups is 1. The number of rotatable bonds is 18. The summed E-state index contributed by atoms with van der Waals surface area (Å²) in [6.07, 6.45) is 0.676. The molecule has 59 heavy (non-hydrogen) atoms. The second-order valence-electron chi connectivity index (χ2n) is 14.0. The molecule has 1 aliphatic rings. The second-order valence-corrected chi connectivity index (χ2v) is 17.3. The Hall–Kier alpha value is -5.61. The summed E-state index contributed by atoms with van der Waals surface area (Å²) in [5, 5.41) is 27.3. The molecule has 0 spiro atoms. The number of benzene rings is 5. The van der Waals surface area contributed by atoms with Gasteiger partial charge in [0.25, 0.3) is 21.6 Å². The molecule has 5 aromatic rings. The van der Waals surface area contributed by atoms with E-state index in [9.17, 15) is 28.1 Å². The molecule has 0 radical (unpaired) electrons. The molecule has 1 aliphatic heterocycles. The van der Waals surface area contributed by atoms with Crippen LogP contribution in [0.5, 0.6) is 0 Å². The Bertz CT molecular complexity index is 2330. The first-order valence-electron chi connectivity index (χ1n) is 19.1. The van der Waals surface area contributed by atoms with Gasteiger partial charge in [-0.2, -0.15) is 0 Å². The van der Waals surface area contributed by atoms with E-state index in [1.165, 1.54) is 23.3 Å². The van der Waals surface area contributed by atoms with Gasteiger partial charge in [-0.1, -0.05) is 66.2 Å². The molecule has 1 fully saturated rings. The van der Waals surface area contributed by atoms with Crippen LogP contribution < -0.4 is 20.3 Å². The van der Waals surface area contributed by atoms with Crippen LogP contribution in [0.1, 0.15) is 35.2 Å². The van der Waals surface area contributed by atoms with Gasteiger partial charge >= 0.3 is 6.09 Å². The van der Waals surface area contributed by atoms with Crippen molar-refractivity contribution in [3.8, 4) is 11.1 Å². The van der Waals surface area contributed by atoms with Crippen molar-refractivity contribution >= 4 is 62.4 Å². The Morgan fingerprint density at radius 1 is 0.864 bits per heavy atom. The molecule has 0 aromatic heterocycles. The van der Waals surface area contributed by atoms with E-state index < -0.39 is 37.5 Å². The smallest absolute Gasteiger partial charge is 0.404 e. The van der Waals surface area contributed by atoms with Crippen molar-refractivity contribution in [1.82, 2.24) is 14.9 Å². The number of amides is 2. The molecule has 1 heterocycles. The van der Waals surface area contributed by atoms with Gasteiger partial charge in [0.2, 0.25) is 0 Å². The molecular weight excluding hydrogens is 812 g/mol. The van der Waals surface area contributed by atoms with Gasteiger partial charge in [0.05, 0.1) is 9.82 Å². The first-order valence-corrected chi connectivity index (χ1v) is 22.0. The number of nitro benzene ring substituents is 1. The number of unbranched alkanes of at least 4 members (excludes halogenated alkanes) is 1. The maximum Gasteiger partial charge on any atom is 0.404 e. The maximum absolute atomic E-state index is 13.4. The lowest BCUT2D eigenvalue weighted by Gasteiger charge is -2.36. The quantitative estimate of drug-likeness (QED) is 0.0289. The molecule has 16 heteroatoms. The molecule has 5 aromatic carbocycles. The first-order chi connectivity index (χ1) is 28.4. The molecule has 6 rings (SSSR count). The summed E-state index contributed by atoms with van der Waals surface area (Å²) in [7, 11) is -4.48. The van der Waals surface area contributed by atoms with Crippen LogP contribution in [-0.4, -0.2) is 79.9 Å². The number of carboxylic acid groups (broad SMARTS) is 1. The Balaban J connectivity index is 1.05. The maximum atomic E-state index is 13.4. The normalized spacial score (nSPS) is 13.7. The number of sulfonamides is 1. The van der Waals surface area contributed by atoms with Gasteiger partial charge in [-0.05, 0) is 96.6 Å². The molecule has 0 saturated carbocycles. The first kappa shape index (κ1) is 43.0. The van der Waals surface area contributed by atoms with Crippen molar-refractivity contribution in [2.24, 2.45) is 0 Å². The van der Waals surface area contributed by atoms with Crippen LogP contribution in [0, 0.1) is 10.1 Å². The summed E-state index contributed by atoms with van der Waals surface area (Å²) < 4.78 is 28.8. The minimum absolute atomic E-state index is 0.125. The van der Waals surface area contributed by atoms with E-state index in [0.29, 0.717) is 30.0 Å². The third kappa shape index (κ3) is 12.2. The van der Waals surface area contributed by atoms with E-state index >= 15 is 0 Å². The van der Waals surface area contributed by atoms with E-state index in [0.717, 1.165) is 54.9 Å². The van der Waals surface area contributed by atoms with E-state index in [4.69, 9.17) is 16.7 Å². The highest BCUT2D eigenvalue weighted by Gasteiger charge is 2.26. The number of anilines is 2. The lowest BCUT2D eigenvalue weighted by atomic mass is 9.99. The Kier molecular flexibility index (Phi) is 14.8. The molecule has 1 atom stereocenters. The molecule has 308 valence electrons. The predicted molar refractivity (Wildman–Crippen MR) is 233 cm³/mol. The summed E-state index contributed by atoms with van der Waals surface area (Å²) in [5.74, 6) is -0.319. The van der Waals surface area contributed by atoms with E-state index in [2.05, 4.69) is 37.3 Å². The zero-order chi connectivity index (χ0) is 41.8. The third-order valence-corrected chi connectivity index (χ3v) is 12.7. The highest BCUT2D eigenvalue weighted by molar-refractivity contribution is 7.99. The fourth-order valence-electron chi connectivity index (χ4n) is 6.83. The summed E-state index contributed by atoms with van der Waals surface area (Å²) >= 11 is 7.67. The number of piperazine rings is 1. The number of halogens is 1. The van der Waals surface area contributed by atoms with Crippen molar-refractivity contribution in [2.75, 3.05) is 48.7 Å². The number of hydrogen-bond acceptors (Lipinski definition) is 10.